The number of benzene rings is 1. The predicted molar refractivity (Wildman–Crippen MR) is 106 cm³/mol. The molecular formula is C17H21BrN4O3S. The average molecular weight is 441 g/mol. The summed E-state index contributed by atoms with van der Waals surface area (Å²) in [7, 11) is 0. The van der Waals surface area contributed by atoms with Crippen molar-refractivity contribution in [1.82, 2.24) is 14.9 Å². The second kappa shape index (κ2) is 9.18. The molecule has 7 nitrogen and oxygen atoms in total. The van der Waals surface area contributed by atoms with Gasteiger partial charge in [0.2, 0.25) is 5.91 Å². The third-order valence-corrected chi connectivity index (χ3v) is 5.35. The summed E-state index contributed by atoms with van der Waals surface area (Å²) in [4.78, 5) is 40.3. The van der Waals surface area contributed by atoms with Gasteiger partial charge in [-0.25, -0.2) is 9.78 Å². The number of hydrogen-bond donors (Lipinski definition) is 2. The number of carbonyl (C=O) groups is 2. The number of aromatic nitrogens is 2. The number of imide groups is 1. The number of carbonyl (C=O) groups excluding carboxylic acids is 2. The van der Waals surface area contributed by atoms with Crippen molar-refractivity contribution in [3.8, 4) is 0 Å². The van der Waals surface area contributed by atoms with Crippen molar-refractivity contribution in [3.05, 3.63) is 33.0 Å². The Labute approximate surface area is 163 Å². The summed E-state index contributed by atoms with van der Waals surface area (Å²) in [6, 6.07) is 4.42. The van der Waals surface area contributed by atoms with E-state index in [9.17, 15) is 14.4 Å². The SMILES string of the molecule is CCCCCn1c(S[C@H](C)C(=O)NC(N)=O)nc2ccc(Br)cc2c1=O. The first kappa shape index (κ1) is 20.4. The molecule has 9 heteroatoms. The van der Waals surface area contributed by atoms with Gasteiger partial charge in [-0.15, -0.1) is 0 Å². The molecule has 0 aliphatic heterocycles. The molecule has 2 aromatic rings. The molecule has 3 N–H and O–H groups in total. The van der Waals surface area contributed by atoms with Crippen LogP contribution < -0.4 is 16.6 Å². The largest absolute Gasteiger partial charge is 0.351 e. The third-order valence-electron chi connectivity index (χ3n) is 3.76. The topological polar surface area (TPSA) is 107 Å². The molecule has 0 unspecified atom stereocenters. The van der Waals surface area contributed by atoms with Crippen LogP contribution in [0.15, 0.2) is 32.6 Å². The number of nitrogens with zero attached hydrogens (tertiary/aromatic N) is 2. The number of urea groups is 1. The molecule has 0 saturated heterocycles. The van der Waals surface area contributed by atoms with E-state index in [4.69, 9.17) is 5.73 Å². The number of fused-ring (bicyclic) bond motifs is 1. The molecule has 1 aromatic heterocycles. The van der Waals surface area contributed by atoms with Crippen molar-refractivity contribution < 1.29 is 9.59 Å². The number of halogens is 1. The lowest BCUT2D eigenvalue weighted by molar-refractivity contribution is -0.119. The molecule has 140 valence electrons. The number of nitrogens with two attached hydrogens (primary N) is 1. The van der Waals surface area contributed by atoms with Gasteiger partial charge in [0.25, 0.3) is 5.56 Å². The van der Waals surface area contributed by atoms with Crippen LogP contribution in [0.2, 0.25) is 0 Å². The number of amides is 3. The van der Waals surface area contributed by atoms with Gasteiger partial charge in [0.05, 0.1) is 16.2 Å². The smallest absolute Gasteiger partial charge is 0.318 e. The molecule has 0 spiro atoms. The highest BCUT2D eigenvalue weighted by Crippen LogP contribution is 2.24. The maximum Gasteiger partial charge on any atom is 0.318 e. The Hall–Kier alpha value is -1.87. The number of thioether (sulfide) groups is 1. The van der Waals surface area contributed by atoms with Crippen molar-refractivity contribution in [1.29, 1.82) is 0 Å². The maximum atomic E-state index is 12.9. The van der Waals surface area contributed by atoms with Gasteiger partial charge in [-0.1, -0.05) is 47.5 Å². The summed E-state index contributed by atoms with van der Waals surface area (Å²) in [6.07, 6.45) is 2.86. The number of unbranched alkanes of at least 4 members (excludes halogenated alkanes) is 2. The molecule has 0 aliphatic rings. The monoisotopic (exact) mass is 440 g/mol. The molecule has 0 bridgehead atoms. The van der Waals surface area contributed by atoms with Crippen molar-refractivity contribution in [3.63, 3.8) is 0 Å². The lowest BCUT2D eigenvalue weighted by Crippen LogP contribution is -2.39. The summed E-state index contributed by atoms with van der Waals surface area (Å²) in [6.45, 7) is 4.25. The number of nitrogens with one attached hydrogen (secondary N) is 1. The highest BCUT2D eigenvalue weighted by molar-refractivity contribution is 9.10. The quantitative estimate of drug-likeness (QED) is 0.390. The molecule has 1 aromatic carbocycles. The molecule has 26 heavy (non-hydrogen) atoms. The van der Waals surface area contributed by atoms with Gasteiger partial charge in [0, 0.05) is 11.0 Å². The molecule has 3 amide bonds. The highest BCUT2D eigenvalue weighted by atomic mass is 79.9. The van der Waals surface area contributed by atoms with E-state index in [1.807, 2.05) is 6.07 Å². The van der Waals surface area contributed by atoms with Crippen molar-refractivity contribution in [2.75, 3.05) is 0 Å². The van der Waals surface area contributed by atoms with Crippen molar-refractivity contribution in [2.45, 2.75) is 50.1 Å². The zero-order valence-corrected chi connectivity index (χ0v) is 17.0. The van der Waals surface area contributed by atoms with E-state index in [0.717, 1.165) is 35.5 Å². The van der Waals surface area contributed by atoms with Crippen LogP contribution in [0.1, 0.15) is 33.1 Å². The minimum absolute atomic E-state index is 0.141. The summed E-state index contributed by atoms with van der Waals surface area (Å²) >= 11 is 4.51. The van der Waals surface area contributed by atoms with Crippen LogP contribution in [-0.4, -0.2) is 26.7 Å². The molecule has 0 fully saturated rings. The summed E-state index contributed by atoms with van der Waals surface area (Å²) in [5.74, 6) is -0.521. The van der Waals surface area contributed by atoms with E-state index in [-0.39, 0.29) is 5.56 Å². The molecule has 0 aliphatic carbocycles. The number of primary amides is 1. The van der Waals surface area contributed by atoms with E-state index in [1.165, 1.54) is 0 Å². The van der Waals surface area contributed by atoms with Gasteiger partial charge in [0.15, 0.2) is 5.16 Å². The summed E-state index contributed by atoms with van der Waals surface area (Å²) in [5, 5.41) is 2.40. The average Bonchev–Trinajstić information content (AvgIpc) is 2.57. The lowest BCUT2D eigenvalue weighted by Gasteiger charge is -2.16. The first-order valence-electron chi connectivity index (χ1n) is 8.30. The molecule has 1 atom stereocenters. The van der Waals surface area contributed by atoms with Crippen LogP contribution in [0.25, 0.3) is 10.9 Å². The second-order valence-electron chi connectivity index (χ2n) is 5.83. The van der Waals surface area contributed by atoms with Gasteiger partial charge < -0.3 is 5.73 Å². The molecule has 0 saturated carbocycles. The van der Waals surface area contributed by atoms with E-state index in [0.29, 0.717) is 22.6 Å². The van der Waals surface area contributed by atoms with E-state index >= 15 is 0 Å². The molecule has 2 rings (SSSR count). The van der Waals surface area contributed by atoms with Crippen molar-refractivity contribution in [2.24, 2.45) is 5.73 Å². The maximum absolute atomic E-state index is 12.9. The Kier molecular flexibility index (Phi) is 7.22. The van der Waals surface area contributed by atoms with E-state index in [1.54, 1.807) is 23.6 Å². The van der Waals surface area contributed by atoms with Crippen LogP contribution in [0, 0.1) is 0 Å². The molecule has 1 heterocycles. The minimum atomic E-state index is -0.904. The molecule has 0 radical (unpaired) electrons. The fourth-order valence-corrected chi connectivity index (χ4v) is 3.71. The van der Waals surface area contributed by atoms with Crippen molar-refractivity contribution >= 4 is 50.5 Å². The van der Waals surface area contributed by atoms with Gasteiger partial charge in [-0.05, 0) is 31.5 Å². The predicted octanol–water partition coefficient (Wildman–Crippen LogP) is 3.02. The van der Waals surface area contributed by atoms with Gasteiger partial charge in [-0.3, -0.25) is 19.5 Å². The fraction of sp³-hybridized carbons (Fsp3) is 0.412. The van der Waals surface area contributed by atoms with Gasteiger partial charge >= 0.3 is 6.03 Å². The number of hydrogen-bond acceptors (Lipinski definition) is 5. The fourth-order valence-electron chi connectivity index (χ4n) is 2.41. The Morgan fingerprint density at radius 1 is 1.38 bits per heavy atom. The van der Waals surface area contributed by atoms with E-state index < -0.39 is 17.2 Å². The first-order chi connectivity index (χ1) is 12.3. The Balaban J connectivity index is 2.43. The van der Waals surface area contributed by atoms with Crippen LogP contribution in [0.4, 0.5) is 4.79 Å². The molecular weight excluding hydrogens is 420 g/mol. The zero-order valence-electron chi connectivity index (χ0n) is 14.6. The zero-order chi connectivity index (χ0) is 19.3. The number of rotatable bonds is 7. The second-order valence-corrected chi connectivity index (χ2v) is 8.06. The lowest BCUT2D eigenvalue weighted by atomic mass is 10.2. The normalized spacial score (nSPS) is 12.1. The Bertz CT molecular complexity index is 884. The van der Waals surface area contributed by atoms with Gasteiger partial charge in [0.1, 0.15) is 0 Å². The van der Waals surface area contributed by atoms with Gasteiger partial charge in [-0.2, -0.15) is 0 Å². The summed E-state index contributed by atoms with van der Waals surface area (Å²) < 4.78 is 2.40. The van der Waals surface area contributed by atoms with Crippen LogP contribution >= 0.6 is 27.7 Å². The first-order valence-corrected chi connectivity index (χ1v) is 9.97. The van der Waals surface area contributed by atoms with E-state index in [2.05, 4.69) is 33.2 Å². The highest BCUT2D eigenvalue weighted by Gasteiger charge is 2.20. The standard InChI is InChI=1S/C17H21BrN4O3S/c1-3-4-5-8-22-15(24)12-9-11(18)6-7-13(12)20-17(22)26-10(2)14(23)21-16(19)25/h6-7,9-10H,3-5,8H2,1-2H3,(H3,19,21,23,25)/t10-/m1/s1. The minimum Gasteiger partial charge on any atom is -0.351 e. The van der Waals surface area contributed by atoms with Crippen LogP contribution in [0.5, 0.6) is 0 Å². The summed E-state index contributed by atoms with van der Waals surface area (Å²) in [5.41, 5.74) is 5.42. The van der Waals surface area contributed by atoms with Crippen LogP contribution in [0.3, 0.4) is 0 Å². The third kappa shape index (κ3) is 5.07. The Morgan fingerprint density at radius 3 is 2.77 bits per heavy atom. The Morgan fingerprint density at radius 2 is 2.12 bits per heavy atom. The van der Waals surface area contributed by atoms with Crippen LogP contribution in [-0.2, 0) is 11.3 Å².